The van der Waals surface area contributed by atoms with Crippen molar-refractivity contribution < 1.29 is 9.53 Å². The first-order valence-corrected chi connectivity index (χ1v) is 11.9. The second-order valence-corrected chi connectivity index (χ2v) is 10.9. The Morgan fingerprint density at radius 1 is 1.25 bits per heavy atom. The van der Waals surface area contributed by atoms with Gasteiger partial charge >= 0.3 is 6.09 Å². The molecule has 2 atom stereocenters. The van der Waals surface area contributed by atoms with Crippen LogP contribution in [0.3, 0.4) is 0 Å². The summed E-state index contributed by atoms with van der Waals surface area (Å²) < 4.78 is 5.85. The van der Waals surface area contributed by atoms with E-state index in [1.165, 1.54) is 29.7 Å². The van der Waals surface area contributed by atoms with Crippen LogP contribution in [0.1, 0.15) is 62.8 Å². The molecule has 0 spiro atoms. The van der Waals surface area contributed by atoms with Crippen molar-refractivity contribution in [1.82, 2.24) is 19.8 Å². The minimum atomic E-state index is -0.486. The Morgan fingerprint density at radius 2 is 2.03 bits per heavy atom. The number of carbonyl (C=O) groups excluding carboxylic acids is 1. The molecule has 2 aliphatic carbocycles. The lowest BCUT2D eigenvalue weighted by Gasteiger charge is -2.35. The van der Waals surface area contributed by atoms with Gasteiger partial charge in [-0.1, -0.05) is 30.3 Å². The van der Waals surface area contributed by atoms with Gasteiger partial charge in [-0.2, -0.15) is 0 Å². The molecule has 6 heteroatoms. The van der Waals surface area contributed by atoms with Gasteiger partial charge in [0.05, 0.1) is 0 Å². The largest absolute Gasteiger partial charge is 0.444 e. The smallest absolute Gasteiger partial charge is 0.410 e. The molecule has 3 aliphatic rings. The van der Waals surface area contributed by atoms with Gasteiger partial charge in [-0.05, 0) is 45.6 Å². The zero-order valence-corrected chi connectivity index (χ0v) is 19.5. The summed E-state index contributed by atoms with van der Waals surface area (Å²) in [6, 6.07) is 10.8. The second kappa shape index (κ2) is 8.14. The van der Waals surface area contributed by atoms with Gasteiger partial charge in [-0.25, -0.2) is 14.8 Å². The first-order chi connectivity index (χ1) is 15.3. The van der Waals surface area contributed by atoms with Gasteiger partial charge in [0.2, 0.25) is 0 Å². The summed E-state index contributed by atoms with van der Waals surface area (Å²) in [4.78, 5) is 26.5. The second-order valence-electron chi connectivity index (χ2n) is 10.9. The third-order valence-corrected chi connectivity index (χ3v) is 6.97. The normalized spacial score (nSPS) is 23.8. The van der Waals surface area contributed by atoms with E-state index in [1.807, 2.05) is 33.0 Å². The first-order valence-electron chi connectivity index (χ1n) is 11.9. The lowest BCUT2D eigenvalue weighted by Crippen LogP contribution is -2.45. The zero-order valence-electron chi connectivity index (χ0n) is 19.5. The molecular weight excluding hydrogens is 400 g/mol. The highest BCUT2D eigenvalue weighted by atomic mass is 16.6. The Balaban J connectivity index is 1.28. The van der Waals surface area contributed by atoms with Gasteiger partial charge in [0, 0.05) is 67.4 Å². The molecule has 0 bridgehead atoms. The minimum Gasteiger partial charge on any atom is -0.444 e. The van der Waals surface area contributed by atoms with Crippen molar-refractivity contribution in [2.24, 2.45) is 5.41 Å². The lowest BCUT2D eigenvalue weighted by atomic mass is 10.0. The molecule has 5 rings (SSSR count). The highest BCUT2D eigenvalue weighted by Gasteiger charge is 2.52. The number of rotatable bonds is 6. The molecule has 1 aromatic carbocycles. The van der Waals surface area contributed by atoms with E-state index in [9.17, 15) is 4.79 Å². The summed E-state index contributed by atoms with van der Waals surface area (Å²) in [5.74, 6) is 0.415. The number of aromatic nitrogens is 2. The molecule has 170 valence electrons. The van der Waals surface area contributed by atoms with E-state index in [0.29, 0.717) is 5.92 Å². The maximum absolute atomic E-state index is 13.3. The molecule has 2 heterocycles. The molecule has 1 aliphatic heterocycles. The fourth-order valence-electron chi connectivity index (χ4n) is 5.06. The molecule has 0 radical (unpaired) electrons. The molecule has 0 saturated heterocycles. The van der Waals surface area contributed by atoms with E-state index < -0.39 is 5.60 Å². The Morgan fingerprint density at radius 3 is 2.75 bits per heavy atom. The van der Waals surface area contributed by atoms with Crippen LogP contribution < -0.4 is 0 Å². The van der Waals surface area contributed by atoms with E-state index in [1.54, 1.807) is 6.33 Å². The third-order valence-electron chi connectivity index (χ3n) is 6.97. The number of benzene rings is 1. The minimum absolute atomic E-state index is 0.162. The van der Waals surface area contributed by atoms with Crippen molar-refractivity contribution in [1.29, 1.82) is 0 Å². The number of nitrogens with zero attached hydrogens (tertiary/aromatic N) is 4. The van der Waals surface area contributed by atoms with Crippen LogP contribution >= 0.6 is 0 Å². The van der Waals surface area contributed by atoms with Crippen LogP contribution in [-0.4, -0.2) is 57.1 Å². The topological polar surface area (TPSA) is 58.6 Å². The SMILES string of the molecule is CC(C)(C)OC(=O)N(CC1(CN2CCc3ncncc3C2)CC1)C1C[C@@H]1c1ccccc1. The molecule has 2 fully saturated rings. The fraction of sp³-hybridized carbons (Fsp3) is 0.577. The average molecular weight is 435 g/mol. The number of amides is 1. The van der Waals surface area contributed by atoms with Crippen molar-refractivity contribution in [3.05, 3.63) is 59.7 Å². The van der Waals surface area contributed by atoms with Crippen molar-refractivity contribution >= 4 is 6.09 Å². The Labute approximate surface area is 191 Å². The molecule has 0 N–H and O–H groups in total. The molecule has 32 heavy (non-hydrogen) atoms. The quantitative estimate of drug-likeness (QED) is 0.674. The monoisotopic (exact) mass is 434 g/mol. The molecule has 2 saturated carbocycles. The number of hydrogen-bond donors (Lipinski definition) is 0. The fourth-order valence-corrected chi connectivity index (χ4v) is 5.06. The summed E-state index contributed by atoms with van der Waals surface area (Å²) in [7, 11) is 0. The van der Waals surface area contributed by atoms with Crippen LogP contribution in [0.4, 0.5) is 4.79 Å². The van der Waals surface area contributed by atoms with E-state index in [0.717, 1.165) is 39.0 Å². The summed E-state index contributed by atoms with van der Waals surface area (Å²) in [6.45, 7) is 9.57. The molecule has 1 aromatic heterocycles. The lowest BCUT2D eigenvalue weighted by molar-refractivity contribution is 0.0168. The molecule has 6 nitrogen and oxygen atoms in total. The Bertz CT molecular complexity index is 967. The van der Waals surface area contributed by atoms with E-state index >= 15 is 0 Å². The number of carbonyl (C=O) groups is 1. The maximum atomic E-state index is 13.3. The van der Waals surface area contributed by atoms with Gasteiger partial charge in [0.15, 0.2) is 0 Å². The summed E-state index contributed by atoms with van der Waals surface area (Å²) in [6.07, 6.45) is 7.78. The highest BCUT2D eigenvalue weighted by Crippen LogP contribution is 2.51. The van der Waals surface area contributed by atoms with Gasteiger partial charge < -0.3 is 9.64 Å². The number of hydrogen-bond acceptors (Lipinski definition) is 5. The van der Waals surface area contributed by atoms with Crippen LogP contribution in [0, 0.1) is 5.41 Å². The molecular formula is C26H34N4O2. The van der Waals surface area contributed by atoms with Gasteiger partial charge in [-0.3, -0.25) is 4.90 Å². The van der Waals surface area contributed by atoms with Crippen LogP contribution in [-0.2, 0) is 17.7 Å². The summed E-state index contributed by atoms with van der Waals surface area (Å²) >= 11 is 0. The number of ether oxygens (including phenoxy) is 1. The van der Waals surface area contributed by atoms with E-state index in [4.69, 9.17) is 4.74 Å². The van der Waals surface area contributed by atoms with Gasteiger partial charge in [0.1, 0.15) is 11.9 Å². The Kier molecular flexibility index (Phi) is 5.44. The van der Waals surface area contributed by atoms with Gasteiger partial charge in [-0.15, -0.1) is 0 Å². The standard InChI is InChI=1S/C26H34N4O2/c1-25(2,3)32-24(31)30(23-13-21(23)19-7-5-4-6-8-19)17-26(10-11-26)16-29-12-9-22-20(15-29)14-27-18-28-22/h4-8,14,18,21,23H,9-13,15-17H2,1-3H3/t21-,23?/m1/s1. The highest BCUT2D eigenvalue weighted by molar-refractivity contribution is 5.69. The molecule has 1 unspecified atom stereocenters. The molecule has 1 amide bonds. The molecule has 2 aromatic rings. The van der Waals surface area contributed by atoms with Crippen LogP contribution in [0.2, 0.25) is 0 Å². The summed E-state index contributed by atoms with van der Waals surface area (Å²) in [5, 5.41) is 0. The van der Waals surface area contributed by atoms with Gasteiger partial charge in [0.25, 0.3) is 0 Å². The van der Waals surface area contributed by atoms with Crippen LogP contribution in [0.5, 0.6) is 0 Å². The van der Waals surface area contributed by atoms with Crippen molar-refractivity contribution in [2.75, 3.05) is 19.6 Å². The van der Waals surface area contributed by atoms with E-state index in [-0.39, 0.29) is 17.6 Å². The van der Waals surface area contributed by atoms with Crippen LogP contribution in [0.15, 0.2) is 42.9 Å². The zero-order chi connectivity index (χ0) is 22.3. The average Bonchev–Trinajstić information content (AvgIpc) is 3.68. The van der Waals surface area contributed by atoms with E-state index in [2.05, 4.69) is 44.0 Å². The summed E-state index contributed by atoms with van der Waals surface area (Å²) in [5.41, 5.74) is 3.43. The number of fused-ring (bicyclic) bond motifs is 1. The van der Waals surface area contributed by atoms with Crippen molar-refractivity contribution in [2.45, 2.75) is 70.6 Å². The van der Waals surface area contributed by atoms with Crippen LogP contribution in [0.25, 0.3) is 0 Å². The van der Waals surface area contributed by atoms with Crippen molar-refractivity contribution in [3.8, 4) is 0 Å². The third kappa shape index (κ3) is 4.80. The van der Waals surface area contributed by atoms with Crippen molar-refractivity contribution in [3.63, 3.8) is 0 Å². The predicted molar refractivity (Wildman–Crippen MR) is 123 cm³/mol. The maximum Gasteiger partial charge on any atom is 0.410 e. The Hall–Kier alpha value is -2.47. The first kappa shape index (κ1) is 21.4. The predicted octanol–water partition coefficient (Wildman–Crippen LogP) is 4.41.